The number of amides is 1. The van der Waals surface area contributed by atoms with Crippen LogP contribution in [0.4, 0.5) is 5.69 Å². The molecular formula is C13H12N4OS. The molecule has 0 aliphatic carbocycles. The molecule has 0 fully saturated rings. The Morgan fingerprint density at radius 1 is 1.26 bits per heavy atom. The third kappa shape index (κ3) is 2.92. The SMILES string of the molecule is CN(C(=O)c1cncnc1)c1cccc(C(N)=S)c1. The topological polar surface area (TPSA) is 72.1 Å². The minimum absolute atomic E-state index is 0.194. The number of benzene rings is 1. The Balaban J connectivity index is 2.29. The van der Waals surface area contributed by atoms with Gasteiger partial charge in [-0.3, -0.25) is 4.79 Å². The number of hydrogen-bond donors (Lipinski definition) is 1. The highest BCUT2D eigenvalue weighted by Gasteiger charge is 2.14. The van der Waals surface area contributed by atoms with Gasteiger partial charge in [0, 0.05) is 30.7 Å². The summed E-state index contributed by atoms with van der Waals surface area (Å²) in [7, 11) is 1.67. The van der Waals surface area contributed by atoms with E-state index in [1.165, 1.54) is 23.6 Å². The summed E-state index contributed by atoms with van der Waals surface area (Å²) in [5.74, 6) is -0.194. The number of carbonyl (C=O) groups is 1. The second-order valence-corrected chi connectivity index (χ2v) is 4.35. The summed E-state index contributed by atoms with van der Waals surface area (Å²) < 4.78 is 0. The van der Waals surface area contributed by atoms with E-state index in [-0.39, 0.29) is 5.91 Å². The Labute approximate surface area is 116 Å². The highest BCUT2D eigenvalue weighted by atomic mass is 32.1. The molecule has 96 valence electrons. The number of thiocarbonyl (C=S) groups is 1. The summed E-state index contributed by atoms with van der Waals surface area (Å²) in [6.07, 6.45) is 4.33. The van der Waals surface area contributed by atoms with Crippen molar-refractivity contribution < 1.29 is 4.79 Å². The third-order valence-electron chi connectivity index (χ3n) is 2.63. The van der Waals surface area contributed by atoms with Gasteiger partial charge in [0.15, 0.2) is 0 Å². The Morgan fingerprint density at radius 2 is 1.95 bits per heavy atom. The summed E-state index contributed by atoms with van der Waals surface area (Å²) in [4.78, 5) is 21.7. The van der Waals surface area contributed by atoms with Crippen LogP contribution < -0.4 is 10.6 Å². The van der Waals surface area contributed by atoms with Crippen molar-refractivity contribution in [3.63, 3.8) is 0 Å². The summed E-state index contributed by atoms with van der Waals surface area (Å²) in [5, 5.41) is 0. The van der Waals surface area contributed by atoms with E-state index in [1.54, 1.807) is 25.2 Å². The zero-order valence-electron chi connectivity index (χ0n) is 10.3. The van der Waals surface area contributed by atoms with E-state index < -0.39 is 0 Å². The van der Waals surface area contributed by atoms with Crippen molar-refractivity contribution in [3.8, 4) is 0 Å². The molecule has 0 atom stereocenters. The van der Waals surface area contributed by atoms with E-state index >= 15 is 0 Å². The van der Waals surface area contributed by atoms with Gasteiger partial charge in [-0.2, -0.15) is 0 Å². The third-order valence-corrected chi connectivity index (χ3v) is 2.87. The van der Waals surface area contributed by atoms with E-state index in [0.717, 1.165) is 5.56 Å². The summed E-state index contributed by atoms with van der Waals surface area (Å²) >= 11 is 4.92. The van der Waals surface area contributed by atoms with E-state index in [0.29, 0.717) is 16.2 Å². The van der Waals surface area contributed by atoms with E-state index in [9.17, 15) is 4.79 Å². The van der Waals surface area contributed by atoms with Crippen LogP contribution >= 0.6 is 12.2 Å². The minimum atomic E-state index is -0.194. The van der Waals surface area contributed by atoms with Gasteiger partial charge in [-0.05, 0) is 12.1 Å². The molecule has 5 nitrogen and oxygen atoms in total. The fourth-order valence-electron chi connectivity index (χ4n) is 1.59. The monoisotopic (exact) mass is 272 g/mol. The average Bonchev–Trinajstić information content (AvgIpc) is 2.46. The van der Waals surface area contributed by atoms with Gasteiger partial charge in [-0.1, -0.05) is 24.4 Å². The molecule has 1 heterocycles. The number of nitrogens with two attached hydrogens (primary N) is 1. The molecule has 6 heteroatoms. The molecular weight excluding hydrogens is 260 g/mol. The Hall–Kier alpha value is -2.34. The Kier molecular flexibility index (Phi) is 3.82. The molecule has 1 aromatic heterocycles. The largest absolute Gasteiger partial charge is 0.389 e. The molecule has 1 aromatic carbocycles. The minimum Gasteiger partial charge on any atom is -0.389 e. The first-order chi connectivity index (χ1) is 9.09. The molecule has 0 saturated carbocycles. The highest BCUT2D eigenvalue weighted by Crippen LogP contribution is 2.16. The van der Waals surface area contributed by atoms with Gasteiger partial charge >= 0.3 is 0 Å². The number of nitrogens with zero attached hydrogens (tertiary/aromatic N) is 3. The Bertz CT molecular complexity index is 615. The first-order valence-corrected chi connectivity index (χ1v) is 5.93. The van der Waals surface area contributed by atoms with Gasteiger partial charge in [0.25, 0.3) is 5.91 Å². The van der Waals surface area contributed by atoms with Gasteiger partial charge in [0.05, 0.1) is 5.56 Å². The lowest BCUT2D eigenvalue weighted by atomic mass is 10.2. The maximum Gasteiger partial charge on any atom is 0.261 e. The first kappa shape index (κ1) is 13.1. The fourth-order valence-corrected chi connectivity index (χ4v) is 1.72. The molecule has 0 spiro atoms. The predicted molar refractivity (Wildman–Crippen MR) is 77.1 cm³/mol. The van der Waals surface area contributed by atoms with Crippen molar-refractivity contribution >= 4 is 28.8 Å². The lowest BCUT2D eigenvalue weighted by molar-refractivity contribution is 0.0992. The standard InChI is InChI=1S/C13H12N4OS/c1-17(13(18)10-6-15-8-16-7-10)11-4-2-3-9(5-11)12(14)19/h2-8H,1H3,(H2,14,19). The molecule has 0 bridgehead atoms. The van der Waals surface area contributed by atoms with Crippen LogP contribution in [0.3, 0.4) is 0 Å². The van der Waals surface area contributed by atoms with E-state index in [2.05, 4.69) is 9.97 Å². The summed E-state index contributed by atoms with van der Waals surface area (Å²) in [5.41, 5.74) is 7.43. The number of rotatable bonds is 3. The zero-order chi connectivity index (χ0) is 13.8. The number of carbonyl (C=O) groups excluding carboxylic acids is 1. The molecule has 0 saturated heterocycles. The van der Waals surface area contributed by atoms with Crippen molar-refractivity contribution in [3.05, 3.63) is 54.1 Å². The van der Waals surface area contributed by atoms with Crippen LogP contribution in [0.1, 0.15) is 15.9 Å². The molecule has 0 aliphatic rings. The smallest absolute Gasteiger partial charge is 0.261 e. The predicted octanol–water partition coefficient (Wildman–Crippen LogP) is 1.39. The van der Waals surface area contributed by atoms with Crippen LogP contribution in [0.5, 0.6) is 0 Å². The fraction of sp³-hybridized carbons (Fsp3) is 0.0769. The molecule has 19 heavy (non-hydrogen) atoms. The number of aromatic nitrogens is 2. The Morgan fingerprint density at radius 3 is 2.58 bits per heavy atom. The van der Waals surface area contributed by atoms with Crippen LogP contribution in [-0.2, 0) is 0 Å². The first-order valence-electron chi connectivity index (χ1n) is 5.52. The second-order valence-electron chi connectivity index (χ2n) is 3.91. The molecule has 2 rings (SSSR count). The molecule has 2 N–H and O–H groups in total. The normalized spacial score (nSPS) is 9.95. The average molecular weight is 272 g/mol. The van der Waals surface area contributed by atoms with Gasteiger partial charge in [-0.25, -0.2) is 9.97 Å². The van der Waals surface area contributed by atoms with Crippen molar-refractivity contribution in [1.82, 2.24) is 9.97 Å². The molecule has 2 aromatic rings. The van der Waals surface area contributed by atoms with E-state index in [4.69, 9.17) is 18.0 Å². The summed E-state index contributed by atoms with van der Waals surface area (Å²) in [6.45, 7) is 0. The highest BCUT2D eigenvalue weighted by molar-refractivity contribution is 7.80. The van der Waals surface area contributed by atoms with Gasteiger partial charge in [-0.15, -0.1) is 0 Å². The lowest BCUT2D eigenvalue weighted by Crippen LogP contribution is -2.26. The molecule has 0 radical (unpaired) electrons. The zero-order valence-corrected chi connectivity index (χ0v) is 11.1. The second kappa shape index (κ2) is 5.53. The maximum atomic E-state index is 12.2. The van der Waals surface area contributed by atoms with E-state index in [1.807, 2.05) is 6.07 Å². The maximum absolute atomic E-state index is 12.2. The van der Waals surface area contributed by atoms with Gasteiger partial charge in [0.1, 0.15) is 11.3 Å². The number of anilines is 1. The summed E-state index contributed by atoms with van der Waals surface area (Å²) in [6, 6.07) is 7.18. The van der Waals surface area contributed by atoms with Crippen LogP contribution in [0.15, 0.2) is 43.0 Å². The van der Waals surface area contributed by atoms with Crippen molar-refractivity contribution in [2.24, 2.45) is 5.73 Å². The number of hydrogen-bond acceptors (Lipinski definition) is 4. The van der Waals surface area contributed by atoms with Crippen molar-refractivity contribution in [2.75, 3.05) is 11.9 Å². The van der Waals surface area contributed by atoms with Crippen LogP contribution in [-0.4, -0.2) is 27.9 Å². The quantitative estimate of drug-likeness (QED) is 0.855. The molecule has 0 unspecified atom stereocenters. The molecule has 1 amide bonds. The van der Waals surface area contributed by atoms with Crippen LogP contribution in [0.2, 0.25) is 0 Å². The van der Waals surface area contributed by atoms with Crippen LogP contribution in [0, 0.1) is 0 Å². The molecule has 0 aliphatic heterocycles. The lowest BCUT2D eigenvalue weighted by Gasteiger charge is -2.17. The van der Waals surface area contributed by atoms with Crippen LogP contribution in [0.25, 0.3) is 0 Å². The van der Waals surface area contributed by atoms with Gasteiger partial charge < -0.3 is 10.6 Å². The van der Waals surface area contributed by atoms with Gasteiger partial charge in [0.2, 0.25) is 0 Å². The van der Waals surface area contributed by atoms with Crippen molar-refractivity contribution in [2.45, 2.75) is 0 Å². The van der Waals surface area contributed by atoms with Crippen molar-refractivity contribution in [1.29, 1.82) is 0 Å².